The Hall–Kier alpha value is -1.75. The largest absolute Gasteiger partial charge is 0.461 e. The van der Waals surface area contributed by atoms with Crippen LogP contribution in [0.3, 0.4) is 0 Å². The van der Waals surface area contributed by atoms with E-state index in [1.54, 1.807) is 6.07 Å². The Balaban J connectivity index is 2.17. The molecule has 0 aliphatic heterocycles. The van der Waals surface area contributed by atoms with Crippen molar-refractivity contribution in [3.05, 3.63) is 47.5 Å². The minimum atomic E-state index is -1.22. The van der Waals surface area contributed by atoms with E-state index >= 15 is 0 Å². The molecule has 0 bridgehead atoms. The van der Waals surface area contributed by atoms with Crippen LogP contribution in [0.2, 0.25) is 0 Å². The zero-order valence-electron chi connectivity index (χ0n) is 12.1. The third kappa shape index (κ3) is 3.88. The SMILES string of the molecule is CCCNC(C)Cc1ccc(-c2cc(F)cc(F)c2F)o1. The number of hydrogen-bond acceptors (Lipinski definition) is 2. The summed E-state index contributed by atoms with van der Waals surface area (Å²) in [6.45, 7) is 4.99. The molecule has 1 heterocycles. The second-order valence-corrected chi connectivity index (χ2v) is 5.07. The molecule has 5 heteroatoms. The van der Waals surface area contributed by atoms with Gasteiger partial charge in [-0.25, -0.2) is 13.2 Å². The molecular weight excluding hydrogens is 279 g/mol. The maximum atomic E-state index is 13.7. The third-order valence-corrected chi connectivity index (χ3v) is 3.17. The smallest absolute Gasteiger partial charge is 0.169 e. The van der Waals surface area contributed by atoms with E-state index < -0.39 is 17.5 Å². The van der Waals surface area contributed by atoms with Crippen LogP contribution in [-0.2, 0) is 6.42 Å². The van der Waals surface area contributed by atoms with Crippen molar-refractivity contribution in [1.82, 2.24) is 5.32 Å². The summed E-state index contributed by atoms with van der Waals surface area (Å²) in [5.74, 6) is -2.39. The number of halogens is 3. The summed E-state index contributed by atoms with van der Waals surface area (Å²) in [4.78, 5) is 0. The zero-order valence-corrected chi connectivity index (χ0v) is 12.1. The molecule has 0 saturated heterocycles. The van der Waals surface area contributed by atoms with E-state index in [1.807, 2.05) is 6.92 Å². The molecule has 0 aliphatic carbocycles. The highest BCUT2D eigenvalue weighted by Crippen LogP contribution is 2.28. The predicted molar refractivity (Wildman–Crippen MR) is 75.5 cm³/mol. The molecule has 0 spiro atoms. The second-order valence-electron chi connectivity index (χ2n) is 5.07. The van der Waals surface area contributed by atoms with Crippen LogP contribution < -0.4 is 5.32 Å². The minimum absolute atomic E-state index is 0.128. The van der Waals surface area contributed by atoms with Crippen LogP contribution in [0.1, 0.15) is 26.0 Å². The van der Waals surface area contributed by atoms with E-state index in [4.69, 9.17) is 4.42 Å². The highest BCUT2D eigenvalue weighted by atomic mass is 19.2. The summed E-state index contributed by atoms with van der Waals surface area (Å²) in [7, 11) is 0. The number of benzene rings is 1. The molecule has 0 aliphatic rings. The summed E-state index contributed by atoms with van der Waals surface area (Å²) in [5.41, 5.74) is -0.201. The summed E-state index contributed by atoms with van der Waals surface area (Å²) in [6, 6.07) is 4.87. The summed E-state index contributed by atoms with van der Waals surface area (Å²) >= 11 is 0. The van der Waals surface area contributed by atoms with Gasteiger partial charge in [0.2, 0.25) is 0 Å². The summed E-state index contributed by atoms with van der Waals surface area (Å²) in [5, 5.41) is 3.31. The van der Waals surface area contributed by atoms with Gasteiger partial charge in [-0.05, 0) is 38.1 Å². The maximum absolute atomic E-state index is 13.7. The predicted octanol–water partition coefficient (Wildman–Crippen LogP) is 4.29. The van der Waals surface area contributed by atoms with Crippen LogP contribution in [-0.4, -0.2) is 12.6 Å². The molecule has 2 rings (SSSR count). The molecule has 2 nitrogen and oxygen atoms in total. The van der Waals surface area contributed by atoms with E-state index in [1.165, 1.54) is 6.07 Å². The highest BCUT2D eigenvalue weighted by Gasteiger charge is 2.16. The first-order valence-corrected chi connectivity index (χ1v) is 6.98. The lowest BCUT2D eigenvalue weighted by atomic mass is 10.1. The van der Waals surface area contributed by atoms with Crippen molar-refractivity contribution in [2.75, 3.05) is 6.54 Å². The molecule has 1 N–H and O–H groups in total. The lowest BCUT2D eigenvalue weighted by Crippen LogP contribution is -2.28. The van der Waals surface area contributed by atoms with Gasteiger partial charge in [-0.15, -0.1) is 0 Å². The van der Waals surface area contributed by atoms with Crippen molar-refractivity contribution in [3.63, 3.8) is 0 Å². The number of nitrogens with one attached hydrogen (secondary N) is 1. The molecule has 21 heavy (non-hydrogen) atoms. The Bertz CT molecular complexity index is 610. The average molecular weight is 297 g/mol. The van der Waals surface area contributed by atoms with Crippen LogP contribution in [0.25, 0.3) is 11.3 Å². The summed E-state index contributed by atoms with van der Waals surface area (Å²) in [6.07, 6.45) is 1.65. The molecule has 114 valence electrons. The van der Waals surface area contributed by atoms with Crippen LogP contribution in [0.4, 0.5) is 13.2 Å². The Kier molecular flexibility index (Phi) is 5.07. The van der Waals surface area contributed by atoms with Gasteiger partial charge in [-0.1, -0.05) is 6.92 Å². The minimum Gasteiger partial charge on any atom is -0.461 e. The van der Waals surface area contributed by atoms with Gasteiger partial charge in [0, 0.05) is 18.5 Å². The molecule has 2 aromatic rings. The van der Waals surface area contributed by atoms with E-state index in [-0.39, 0.29) is 17.4 Å². The molecule has 1 aromatic heterocycles. The molecule has 0 fully saturated rings. The Morgan fingerprint density at radius 1 is 1.19 bits per heavy atom. The van der Waals surface area contributed by atoms with Gasteiger partial charge in [0.1, 0.15) is 17.3 Å². The molecule has 0 saturated carbocycles. The molecule has 1 aromatic carbocycles. The number of hydrogen-bond donors (Lipinski definition) is 1. The van der Waals surface area contributed by atoms with Crippen LogP contribution in [0.5, 0.6) is 0 Å². The van der Waals surface area contributed by atoms with Crippen molar-refractivity contribution >= 4 is 0 Å². The van der Waals surface area contributed by atoms with E-state index in [0.29, 0.717) is 18.2 Å². The van der Waals surface area contributed by atoms with Crippen molar-refractivity contribution in [2.45, 2.75) is 32.7 Å². The molecule has 1 atom stereocenters. The fourth-order valence-electron chi connectivity index (χ4n) is 2.13. The first-order chi connectivity index (χ1) is 10.0. The first-order valence-electron chi connectivity index (χ1n) is 6.98. The van der Waals surface area contributed by atoms with Crippen LogP contribution in [0, 0.1) is 17.5 Å². The Morgan fingerprint density at radius 2 is 1.95 bits per heavy atom. The standard InChI is InChI=1S/C16H18F3NO/c1-3-6-20-10(2)7-12-4-5-15(21-12)13-8-11(17)9-14(18)16(13)19/h4-5,8-10,20H,3,6-7H2,1-2H3. The van der Waals surface area contributed by atoms with Gasteiger partial charge < -0.3 is 9.73 Å². The first kappa shape index (κ1) is 15.6. The Labute approximate surface area is 122 Å². The fourth-order valence-corrected chi connectivity index (χ4v) is 2.13. The topological polar surface area (TPSA) is 25.2 Å². The second kappa shape index (κ2) is 6.80. The van der Waals surface area contributed by atoms with Crippen molar-refractivity contribution in [1.29, 1.82) is 0 Å². The van der Waals surface area contributed by atoms with Gasteiger partial charge in [-0.3, -0.25) is 0 Å². The normalized spacial score (nSPS) is 12.6. The highest BCUT2D eigenvalue weighted by molar-refractivity contribution is 5.58. The zero-order chi connectivity index (χ0) is 15.4. The summed E-state index contributed by atoms with van der Waals surface area (Å²) < 4.78 is 45.6. The van der Waals surface area contributed by atoms with E-state index in [2.05, 4.69) is 12.2 Å². The lowest BCUT2D eigenvalue weighted by molar-refractivity contribution is 0.457. The third-order valence-electron chi connectivity index (χ3n) is 3.17. The van der Waals surface area contributed by atoms with Crippen LogP contribution in [0.15, 0.2) is 28.7 Å². The van der Waals surface area contributed by atoms with Crippen LogP contribution >= 0.6 is 0 Å². The maximum Gasteiger partial charge on any atom is 0.169 e. The quantitative estimate of drug-likeness (QED) is 0.804. The van der Waals surface area contributed by atoms with Crippen molar-refractivity contribution in [2.24, 2.45) is 0 Å². The van der Waals surface area contributed by atoms with Gasteiger partial charge in [0.25, 0.3) is 0 Å². The van der Waals surface area contributed by atoms with E-state index in [9.17, 15) is 13.2 Å². The van der Waals surface area contributed by atoms with Crippen molar-refractivity contribution in [3.8, 4) is 11.3 Å². The van der Waals surface area contributed by atoms with Gasteiger partial charge in [0.05, 0.1) is 5.56 Å². The lowest BCUT2D eigenvalue weighted by Gasteiger charge is -2.11. The monoisotopic (exact) mass is 297 g/mol. The Morgan fingerprint density at radius 3 is 2.67 bits per heavy atom. The number of furan rings is 1. The molecule has 0 amide bonds. The van der Waals surface area contributed by atoms with Gasteiger partial charge in [0.15, 0.2) is 11.6 Å². The molecule has 0 radical (unpaired) electrons. The fraction of sp³-hybridized carbons (Fsp3) is 0.375. The van der Waals surface area contributed by atoms with Gasteiger partial charge >= 0.3 is 0 Å². The van der Waals surface area contributed by atoms with E-state index in [0.717, 1.165) is 19.0 Å². The average Bonchev–Trinajstić information content (AvgIpc) is 2.88. The van der Waals surface area contributed by atoms with Gasteiger partial charge in [-0.2, -0.15) is 0 Å². The molecular formula is C16H18F3NO. The molecule has 1 unspecified atom stereocenters. The van der Waals surface area contributed by atoms with Crippen molar-refractivity contribution < 1.29 is 17.6 Å². The number of rotatable bonds is 6.